The molecule has 172 valence electrons. The molecule has 0 aromatic heterocycles. The monoisotopic (exact) mass is 430 g/mol. The van der Waals surface area contributed by atoms with Crippen LogP contribution in [0.3, 0.4) is 0 Å². The Morgan fingerprint density at radius 3 is 1.45 bits per heavy atom. The second kappa shape index (κ2) is 10.6. The van der Waals surface area contributed by atoms with Crippen LogP contribution in [0, 0.1) is 41.4 Å². The van der Waals surface area contributed by atoms with E-state index in [4.69, 9.17) is 9.05 Å². The fourth-order valence-corrected chi connectivity index (χ4v) is 7.63. The predicted molar refractivity (Wildman–Crippen MR) is 121 cm³/mol. The molecule has 0 unspecified atom stereocenters. The Bertz CT molecular complexity index is 509. The Kier molecular flexibility index (Phi) is 9.29. The molecule has 2 aliphatic carbocycles. The molecule has 0 aliphatic heterocycles. The summed E-state index contributed by atoms with van der Waals surface area (Å²) in [7, 11) is -3.66. The van der Waals surface area contributed by atoms with Crippen molar-refractivity contribution in [2.45, 2.75) is 112 Å². The summed E-state index contributed by atoms with van der Waals surface area (Å²) in [5.41, 5.74) is 0. The van der Waals surface area contributed by atoms with Gasteiger partial charge >= 0.3 is 7.60 Å². The van der Waals surface area contributed by atoms with Crippen molar-refractivity contribution in [1.82, 2.24) is 0 Å². The predicted octanol–water partition coefficient (Wildman–Crippen LogP) is 7.11. The number of hydrogen-bond donors (Lipinski definition) is 1. The van der Waals surface area contributed by atoms with E-state index in [-0.39, 0.29) is 18.1 Å². The zero-order valence-electron chi connectivity index (χ0n) is 20.1. The van der Waals surface area contributed by atoms with Crippen molar-refractivity contribution in [2.75, 3.05) is 0 Å². The van der Waals surface area contributed by atoms with Crippen LogP contribution in [-0.2, 0) is 13.6 Å². The average Bonchev–Trinajstić information content (AvgIpc) is 2.60. The van der Waals surface area contributed by atoms with Gasteiger partial charge in [0.15, 0.2) is 5.85 Å². The van der Waals surface area contributed by atoms with Crippen LogP contribution in [-0.4, -0.2) is 23.2 Å². The van der Waals surface area contributed by atoms with E-state index in [1.54, 1.807) is 0 Å². The van der Waals surface area contributed by atoms with Gasteiger partial charge in [0.2, 0.25) is 0 Å². The van der Waals surface area contributed by atoms with Crippen LogP contribution in [0.5, 0.6) is 0 Å². The van der Waals surface area contributed by atoms with Gasteiger partial charge in [-0.2, -0.15) is 0 Å². The zero-order chi connectivity index (χ0) is 21.9. The molecule has 29 heavy (non-hydrogen) atoms. The molecule has 0 spiro atoms. The Balaban J connectivity index is 2.28. The lowest BCUT2D eigenvalue weighted by Gasteiger charge is -2.43. The fourth-order valence-electron chi connectivity index (χ4n) is 5.36. The minimum atomic E-state index is -3.66. The van der Waals surface area contributed by atoms with Crippen LogP contribution in [0.15, 0.2) is 0 Å². The van der Waals surface area contributed by atoms with Crippen molar-refractivity contribution in [3.8, 4) is 0 Å². The summed E-state index contributed by atoms with van der Waals surface area (Å²) in [5, 5.41) is 11.0. The summed E-state index contributed by atoms with van der Waals surface area (Å²) < 4.78 is 26.9. The Labute approximate surface area is 180 Å². The van der Waals surface area contributed by atoms with Crippen LogP contribution in [0.2, 0.25) is 0 Å². The van der Waals surface area contributed by atoms with E-state index in [1.165, 1.54) is 12.8 Å². The second-order valence-electron chi connectivity index (χ2n) is 11.1. The molecular weight excluding hydrogens is 383 g/mol. The number of aliphatic hydroxyl groups is 1. The fraction of sp³-hybridized carbons (Fsp3) is 1.00. The SMILES string of the molecule is CC(C)[C@H]1CC[C@@H](C)C[C@H]1OP(=O)(O[C@@H]1C[C@H](C)CC[C@@H]1C(C)C)[C@H](O)C(C)C. The molecule has 0 radical (unpaired) electrons. The van der Waals surface area contributed by atoms with Gasteiger partial charge in [-0.15, -0.1) is 0 Å². The summed E-state index contributed by atoms with van der Waals surface area (Å²) in [6.07, 6.45) is 6.16. The van der Waals surface area contributed by atoms with Gasteiger partial charge in [0, 0.05) is 0 Å². The van der Waals surface area contributed by atoms with E-state index in [0.29, 0.717) is 35.5 Å². The van der Waals surface area contributed by atoms with Gasteiger partial charge < -0.3 is 14.2 Å². The summed E-state index contributed by atoms with van der Waals surface area (Å²) in [6, 6.07) is 0. The summed E-state index contributed by atoms with van der Waals surface area (Å²) >= 11 is 0. The third-order valence-electron chi connectivity index (χ3n) is 7.41. The first kappa shape index (κ1) is 25.4. The largest absolute Gasteiger partial charge is 0.380 e. The number of aliphatic hydroxyl groups excluding tert-OH is 1. The normalized spacial score (nSPS) is 35.4. The molecule has 2 rings (SSSR count). The molecule has 0 bridgehead atoms. The van der Waals surface area contributed by atoms with E-state index in [2.05, 4.69) is 41.5 Å². The summed E-state index contributed by atoms with van der Waals surface area (Å²) in [4.78, 5) is 0. The molecule has 2 saturated carbocycles. The van der Waals surface area contributed by atoms with E-state index < -0.39 is 13.4 Å². The number of hydrogen-bond acceptors (Lipinski definition) is 4. The molecule has 0 aromatic carbocycles. The van der Waals surface area contributed by atoms with Gasteiger partial charge in [-0.25, -0.2) is 0 Å². The lowest BCUT2D eigenvalue weighted by molar-refractivity contribution is -0.0186. The maximum atomic E-state index is 14.1. The van der Waals surface area contributed by atoms with Gasteiger partial charge in [0.05, 0.1) is 12.2 Å². The minimum absolute atomic E-state index is 0.100. The molecule has 2 fully saturated rings. The van der Waals surface area contributed by atoms with Gasteiger partial charge in [0.1, 0.15) is 0 Å². The smallest absolute Gasteiger partial charge is 0.359 e. The van der Waals surface area contributed by atoms with Crippen LogP contribution < -0.4 is 0 Å². The first-order valence-corrected chi connectivity index (χ1v) is 13.7. The standard InChI is InChI=1S/C24H47O4P/c1-15(2)20-11-9-18(7)13-22(20)27-29(26,24(25)17(5)6)28-23-14-19(8)10-12-21(23)16(3)4/h15-25H,9-14H2,1-8H3/t18-,19-,20-,21-,22-,23-,24+/m1/s1. The van der Waals surface area contributed by atoms with Crippen LogP contribution >= 0.6 is 7.60 Å². The lowest BCUT2D eigenvalue weighted by Crippen LogP contribution is -2.38. The Morgan fingerprint density at radius 2 is 1.14 bits per heavy atom. The second-order valence-corrected chi connectivity index (χ2v) is 13.2. The highest BCUT2D eigenvalue weighted by Gasteiger charge is 2.46. The highest BCUT2D eigenvalue weighted by atomic mass is 31.2. The first-order valence-electron chi connectivity index (χ1n) is 12.1. The molecular formula is C24H47O4P. The van der Waals surface area contributed by atoms with E-state index in [1.807, 2.05) is 13.8 Å². The first-order chi connectivity index (χ1) is 13.4. The molecule has 7 atom stereocenters. The van der Waals surface area contributed by atoms with Crippen molar-refractivity contribution in [2.24, 2.45) is 41.4 Å². The molecule has 0 aromatic rings. The lowest BCUT2D eigenvalue weighted by atomic mass is 9.75. The molecule has 0 heterocycles. The molecule has 1 N–H and O–H groups in total. The maximum absolute atomic E-state index is 14.1. The van der Waals surface area contributed by atoms with Gasteiger partial charge in [0.25, 0.3) is 0 Å². The summed E-state index contributed by atoms with van der Waals surface area (Å²) in [5.74, 6) is 1.54. The quantitative estimate of drug-likeness (QED) is 0.417. The number of rotatable bonds is 8. The molecule has 2 aliphatic rings. The third-order valence-corrected chi connectivity index (χ3v) is 9.78. The van der Waals surface area contributed by atoms with Crippen molar-refractivity contribution in [1.29, 1.82) is 0 Å². The molecule has 4 nitrogen and oxygen atoms in total. The molecule has 5 heteroatoms. The van der Waals surface area contributed by atoms with Crippen molar-refractivity contribution in [3.63, 3.8) is 0 Å². The van der Waals surface area contributed by atoms with Crippen LogP contribution in [0.25, 0.3) is 0 Å². The Morgan fingerprint density at radius 1 is 0.759 bits per heavy atom. The van der Waals surface area contributed by atoms with Gasteiger partial charge in [-0.1, -0.05) is 68.2 Å². The highest BCUT2D eigenvalue weighted by Crippen LogP contribution is 2.60. The van der Waals surface area contributed by atoms with E-state index in [0.717, 1.165) is 25.7 Å². The minimum Gasteiger partial charge on any atom is -0.380 e. The van der Waals surface area contributed by atoms with E-state index >= 15 is 0 Å². The summed E-state index contributed by atoms with van der Waals surface area (Å²) in [6.45, 7) is 17.2. The van der Waals surface area contributed by atoms with Crippen LogP contribution in [0.1, 0.15) is 93.9 Å². The van der Waals surface area contributed by atoms with Gasteiger partial charge in [-0.05, 0) is 67.1 Å². The molecule has 0 saturated heterocycles. The average molecular weight is 431 g/mol. The maximum Gasteiger partial charge on any atom is 0.359 e. The van der Waals surface area contributed by atoms with E-state index in [9.17, 15) is 9.67 Å². The van der Waals surface area contributed by atoms with Crippen molar-refractivity contribution < 1.29 is 18.7 Å². The third kappa shape index (κ3) is 6.55. The van der Waals surface area contributed by atoms with Crippen molar-refractivity contribution in [3.05, 3.63) is 0 Å². The Hall–Kier alpha value is 0.110. The van der Waals surface area contributed by atoms with Crippen LogP contribution in [0.4, 0.5) is 0 Å². The topological polar surface area (TPSA) is 55.8 Å². The zero-order valence-corrected chi connectivity index (χ0v) is 21.0. The highest BCUT2D eigenvalue weighted by molar-refractivity contribution is 7.54. The van der Waals surface area contributed by atoms with Gasteiger partial charge in [-0.3, -0.25) is 4.57 Å². The molecule has 0 amide bonds. The van der Waals surface area contributed by atoms with Crippen molar-refractivity contribution >= 4 is 7.60 Å².